The average Bonchev–Trinajstić information content (AvgIpc) is 2.39. The number of rotatable bonds is 8. The molecule has 0 radical (unpaired) electrons. The number of aromatic nitrogens is 2. The lowest BCUT2D eigenvalue weighted by Gasteiger charge is -2.24. The molecule has 1 aromatic rings. The minimum absolute atomic E-state index is 0.713. The van der Waals surface area contributed by atoms with Gasteiger partial charge in [0.25, 0.3) is 0 Å². The Bertz CT molecular complexity index is 391. The molecule has 0 atom stereocenters. The van der Waals surface area contributed by atoms with Crippen LogP contribution in [0.15, 0.2) is 6.07 Å². The molecule has 0 unspecified atom stereocenters. The van der Waals surface area contributed by atoms with E-state index in [0.717, 1.165) is 50.0 Å². The van der Waals surface area contributed by atoms with Gasteiger partial charge in [0, 0.05) is 19.0 Å². The lowest BCUT2D eigenvalue weighted by Crippen LogP contribution is -2.15. The molecular formula is C15H25N3O. The molecule has 1 aromatic heterocycles. The Morgan fingerprint density at radius 1 is 1.32 bits per heavy atom. The summed E-state index contributed by atoms with van der Waals surface area (Å²) in [6, 6.07) is 1.91. The molecule has 0 bridgehead atoms. The van der Waals surface area contributed by atoms with Gasteiger partial charge in [-0.1, -0.05) is 33.1 Å². The van der Waals surface area contributed by atoms with Crippen LogP contribution in [0.3, 0.4) is 0 Å². The van der Waals surface area contributed by atoms with E-state index >= 15 is 0 Å². The van der Waals surface area contributed by atoms with E-state index in [1.54, 1.807) is 0 Å². The molecule has 19 heavy (non-hydrogen) atoms. The Morgan fingerprint density at radius 3 is 2.79 bits per heavy atom. The molecule has 1 heterocycles. The van der Waals surface area contributed by atoms with E-state index in [9.17, 15) is 0 Å². The summed E-state index contributed by atoms with van der Waals surface area (Å²) in [7, 11) is 0. The highest BCUT2D eigenvalue weighted by molar-refractivity contribution is 5.38. The molecular weight excluding hydrogens is 238 g/mol. The van der Waals surface area contributed by atoms with Gasteiger partial charge in [-0.25, -0.2) is 4.98 Å². The van der Waals surface area contributed by atoms with Crippen molar-refractivity contribution in [1.29, 1.82) is 0 Å². The number of anilines is 1. The van der Waals surface area contributed by atoms with Gasteiger partial charge in [-0.2, -0.15) is 4.98 Å². The van der Waals surface area contributed by atoms with Gasteiger partial charge in [-0.05, 0) is 18.8 Å². The van der Waals surface area contributed by atoms with Crippen molar-refractivity contribution in [2.24, 2.45) is 5.92 Å². The SMILES string of the molecule is CCCNc1cc(OCCC2CCC2)nc(CC)n1. The number of hydrogen-bond donors (Lipinski definition) is 1. The van der Waals surface area contributed by atoms with Crippen LogP contribution < -0.4 is 10.1 Å². The van der Waals surface area contributed by atoms with E-state index in [1.807, 2.05) is 6.07 Å². The fraction of sp³-hybridized carbons (Fsp3) is 0.733. The van der Waals surface area contributed by atoms with Gasteiger partial charge in [-0.3, -0.25) is 0 Å². The van der Waals surface area contributed by atoms with Crippen molar-refractivity contribution >= 4 is 5.82 Å². The molecule has 106 valence electrons. The van der Waals surface area contributed by atoms with Crippen LogP contribution in [0.25, 0.3) is 0 Å². The standard InChI is InChI=1S/C15H25N3O/c1-3-9-16-14-11-15(18-13(4-2)17-14)19-10-8-12-6-5-7-12/h11-12H,3-10H2,1-2H3,(H,16,17,18). The first-order valence-electron chi connectivity index (χ1n) is 7.56. The topological polar surface area (TPSA) is 47.0 Å². The zero-order chi connectivity index (χ0) is 13.5. The largest absolute Gasteiger partial charge is 0.478 e. The summed E-state index contributed by atoms with van der Waals surface area (Å²) in [4.78, 5) is 8.89. The zero-order valence-corrected chi connectivity index (χ0v) is 12.1. The maximum absolute atomic E-state index is 5.78. The van der Waals surface area contributed by atoms with E-state index < -0.39 is 0 Å². The third-order valence-electron chi connectivity index (χ3n) is 3.62. The predicted octanol–water partition coefficient (Wildman–Crippen LogP) is 3.43. The van der Waals surface area contributed by atoms with Gasteiger partial charge >= 0.3 is 0 Å². The van der Waals surface area contributed by atoms with Crippen LogP contribution in [0.5, 0.6) is 5.88 Å². The molecule has 1 aliphatic rings. The third kappa shape index (κ3) is 4.37. The fourth-order valence-corrected chi connectivity index (χ4v) is 2.16. The minimum Gasteiger partial charge on any atom is -0.478 e. The molecule has 0 aromatic carbocycles. The van der Waals surface area contributed by atoms with Crippen molar-refractivity contribution in [3.63, 3.8) is 0 Å². The predicted molar refractivity (Wildman–Crippen MR) is 77.6 cm³/mol. The molecule has 1 N–H and O–H groups in total. The molecule has 4 nitrogen and oxygen atoms in total. The first kappa shape index (κ1) is 14.1. The molecule has 4 heteroatoms. The van der Waals surface area contributed by atoms with E-state index in [2.05, 4.69) is 29.1 Å². The van der Waals surface area contributed by atoms with Crippen LogP contribution in [-0.2, 0) is 6.42 Å². The minimum atomic E-state index is 0.713. The Morgan fingerprint density at radius 2 is 2.16 bits per heavy atom. The van der Waals surface area contributed by atoms with Gasteiger partial charge in [0.15, 0.2) is 0 Å². The maximum atomic E-state index is 5.78. The molecule has 0 amide bonds. The van der Waals surface area contributed by atoms with Crippen LogP contribution in [-0.4, -0.2) is 23.1 Å². The third-order valence-corrected chi connectivity index (χ3v) is 3.62. The second-order valence-corrected chi connectivity index (χ2v) is 5.22. The number of nitrogens with one attached hydrogen (secondary N) is 1. The molecule has 0 saturated heterocycles. The van der Waals surface area contributed by atoms with Crippen molar-refractivity contribution in [2.75, 3.05) is 18.5 Å². The van der Waals surface area contributed by atoms with Gasteiger partial charge in [0.1, 0.15) is 11.6 Å². The van der Waals surface area contributed by atoms with E-state index in [-0.39, 0.29) is 0 Å². The summed E-state index contributed by atoms with van der Waals surface area (Å²) in [5.41, 5.74) is 0. The first-order chi connectivity index (χ1) is 9.31. The van der Waals surface area contributed by atoms with Gasteiger partial charge in [0.05, 0.1) is 6.61 Å². The molecule has 0 aliphatic heterocycles. The summed E-state index contributed by atoms with van der Waals surface area (Å²) in [5, 5.41) is 3.30. The first-order valence-corrected chi connectivity index (χ1v) is 7.56. The molecule has 1 fully saturated rings. The highest BCUT2D eigenvalue weighted by Gasteiger charge is 2.17. The maximum Gasteiger partial charge on any atom is 0.218 e. The van der Waals surface area contributed by atoms with Crippen molar-refractivity contribution in [3.05, 3.63) is 11.9 Å². The zero-order valence-electron chi connectivity index (χ0n) is 12.1. The lowest BCUT2D eigenvalue weighted by atomic mass is 9.83. The highest BCUT2D eigenvalue weighted by Crippen LogP contribution is 2.29. The molecule has 1 aliphatic carbocycles. The molecule has 0 spiro atoms. The van der Waals surface area contributed by atoms with Crippen molar-refractivity contribution in [1.82, 2.24) is 9.97 Å². The van der Waals surface area contributed by atoms with E-state index in [0.29, 0.717) is 5.88 Å². The Hall–Kier alpha value is -1.32. The van der Waals surface area contributed by atoms with Crippen LogP contribution >= 0.6 is 0 Å². The monoisotopic (exact) mass is 263 g/mol. The average molecular weight is 263 g/mol. The van der Waals surface area contributed by atoms with Crippen LogP contribution in [0, 0.1) is 5.92 Å². The van der Waals surface area contributed by atoms with Crippen LogP contribution in [0.4, 0.5) is 5.82 Å². The summed E-state index contributed by atoms with van der Waals surface area (Å²) in [6.07, 6.45) is 7.21. The summed E-state index contributed by atoms with van der Waals surface area (Å²) in [5.74, 6) is 3.32. The molecule has 1 saturated carbocycles. The quantitative estimate of drug-likeness (QED) is 0.780. The summed E-state index contributed by atoms with van der Waals surface area (Å²) < 4.78 is 5.78. The molecule has 2 rings (SSSR count). The fourth-order valence-electron chi connectivity index (χ4n) is 2.16. The Labute approximate surface area is 116 Å². The van der Waals surface area contributed by atoms with Crippen LogP contribution in [0.2, 0.25) is 0 Å². The van der Waals surface area contributed by atoms with E-state index in [4.69, 9.17) is 4.74 Å². The van der Waals surface area contributed by atoms with Gasteiger partial charge in [0.2, 0.25) is 5.88 Å². The number of nitrogens with zero attached hydrogens (tertiary/aromatic N) is 2. The number of hydrogen-bond acceptors (Lipinski definition) is 4. The Balaban J connectivity index is 1.89. The number of aryl methyl sites for hydroxylation is 1. The van der Waals surface area contributed by atoms with Gasteiger partial charge in [-0.15, -0.1) is 0 Å². The normalized spacial score (nSPS) is 15.1. The van der Waals surface area contributed by atoms with Crippen LogP contribution in [0.1, 0.15) is 51.8 Å². The summed E-state index contributed by atoms with van der Waals surface area (Å²) in [6.45, 7) is 5.92. The van der Waals surface area contributed by atoms with Crippen molar-refractivity contribution < 1.29 is 4.74 Å². The van der Waals surface area contributed by atoms with Gasteiger partial charge < -0.3 is 10.1 Å². The van der Waals surface area contributed by atoms with Crippen molar-refractivity contribution in [2.45, 2.75) is 52.4 Å². The second kappa shape index (κ2) is 7.31. The summed E-state index contributed by atoms with van der Waals surface area (Å²) >= 11 is 0. The smallest absolute Gasteiger partial charge is 0.218 e. The van der Waals surface area contributed by atoms with E-state index in [1.165, 1.54) is 19.3 Å². The second-order valence-electron chi connectivity index (χ2n) is 5.22. The highest BCUT2D eigenvalue weighted by atomic mass is 16.5. The lowest BCUT2D eigenvalue weighted by molar-refractivity contribution is 0.217. The van der Waals surface area contributed by atoms with Crippen molar-refractivity contribution in [3.8, 4) is 5.88 Å². The Kier molecular flexibility index (Phi) is 5.43. The number of ether oxygens (including phenoxy) is 1.